The Morgan fingerprint density at radius 1 is 1.46 bits per heavy atom. The molecule has 1 saturated heterocycles. The first-order valence-electron chi connectivity index (χ1n) is 5.31. The monoisotopic (exact) mass is 182 g/mol. The van der Waals surface area contributed by atoms with Gasteiger partial charge in [-0.15, -0.1) is 0 Å². The van der Waals surface area contributed by atoms with E-state index in [1.54, 1.807) is 0 Å². The normalized spacial score (nSPS) is 38.5. The van der Waals surface area contributed by atoms with Crippen LogP contribution in [-0.4, -0.2) is 29.6 Å². The van der Waals surface area contributed by atoms with Gasteiger partial charge in [-0.3, -0.25) is 10.1 Å². The molecule has 3 nitrogen and oxygen atoms in total. The van der Waals surface area contributed by atoms with E-state index in [0.717, 1.165) is 19.0 Å². The molecule has 0 aromatic rings. The van der Waals surface area contributed by atoms with Crippen LogP contribution in [0.5, 0.6) is 0 Å². The summed E-state index contributed by atoms with van der Waals surface area (Å²) in [5, 5.41) is 3.25. The van der Waals surface area contributed by atoms with Crippen molar-refractivity contribution in [2.75, 3.05) is 6.67 Å². The number of carbonyl (C=O) groups excluding carboxylic acids is 1. The third-order valence-electron chi connectivity index (χ3n) is 3.31. The lowest BCUT2D eigenvalue weighted by Gasteiger charge is -2.14. The molecule has 1 aliphatic carbocycles. The van der Waals surface area contributed by atoms with Crippen molar-refractivity contribution < 1.29 is 4.79 Å². The lowest BCUT2D eigenvalue weighted by Crippen LogP contribution is -2.32. The summed E-state index contributed by atoms with van der Waals surface area (Å²) in [5.74, 6) is 1.10. The van der Waals surface area contributed by atoms with Gasteiger partial charge in [0.05, 0.1) is 12.7 Å². The second-order valence-electron chi connectivity index (χ2n) is 4.10. The second kappa shape index (κ2) is 3.29. The van der Waals surface area contributed by atoms with E-state index in [4.69, 9.17) is 0 Å². The van der Waals surface area contributed by atoms with Crippen LogP contribution < -0.4 is 5.32 Å². The van der Waals surface area contributed by atoms with Gasteiger partial charge in [0.25, 0.3) is 0 Å². The van der Waals surface area contributed by atoms with E-state index in [-0.39, 0.29) is 6.04 Å². The summed E-state index contributed by atoms with van der Waals surface area (Å²) in [6.07, 6.45) is 3.35. The summed E-state index contributed by atoms with van der Waals surface area (Å²) in [5.41, 5.74) is 0. The first-order chi connectivity index (χ1) is 6.27. The molecule has 0 aromatic heterocycles. The van der Waals surface area contributed by atoms with Crippen LogP contribution in [0.15, 0.2) is 0 Å². The van der Waals surface area contributed by atoms with Gasteiger partial charge in [-0.05, 0) is 18.8 Å². The maximum Gasteiger partial charge on any atom is 0.241 e. The van der Waals surface area contributed by atoms with Gasteiger partial charge in [-0.2, -0.15) is 0 Å². The standard InChI is InChI=1S/C10H18N2O/c1-3-7-5-9(7)12-6-11-8(4-2)10(12)13/h7-9,11H,3-6H2,1-2H3. The van der Waals surface area contributed by atoms with Crippen molar-refractivity contribution in [3.63, 3.8) is 0 Å². The molecule has 1 aliphatic heterocycles. The number of hydrogen-bond donors (Lipinski definition) is 1. The molecule has 2 rings (SSSR count). The van der Waals surface area contributed by atoms with Gasteiger partial charge < -0.3 is 4.90 Å². The number of nitrogens with one attached hydrogen (secondary N) is 1. The first-order valence-corrected chi connectivity index (χ1v) is 5.31. The average molecular weight is 182 g/mol. The summed E-state index contributed by atoms with van der Waals surface area (Å²) in [4.78, 5) is 13.8. The summed E-state index contributed by atoms with van der Waals surface area (Å²) < 4.78 is 0. The van der Waals surface area contributed by atoms with Gasteiger partial charge in [0.2, 0.25) is 5.91 Å². The quantitative estimate of drug-likeness (QED) is 0.705. The van der Waals surface area contributed by atoms with Crippen LogP contribution in [0.4, 0.5) is 0 Å². The Kier molecular flexibility index (Phi) is 2.28. The molecule has 1 heterocycles. The zero-order valence-corrected chi connectivity index (χ0v) is 8.42. The Labute approximate surface area is 79.5 Å². The molecule has 0 aromatic carbocycles. The Morgan fingerprint density at radius 3 is 2.69 bits per heavy atom. The van der Waals surface area contributed by atoms with Crippen molar-refractivity contribution in [2.45, 2.75) is 45.2 Å². The molecule has 0 bridgehead atoms. The fourth-order valence-electron chi connectivity index (χ4n) is 2.23. The van der Waals surface area contributed by atoms with Crippen molar-refractivity contribution >= 4 is 5.91 Å². The Morgan fingerprint density at radius 2 is 2.23 bits per heavy atom. The molecule has 2 fully saturated rings. The molecular formula is C10H18N2O. The minimum Gasteiger partial charge on any atom is -0.325 e. The molecule has 3 atom stereocenters. The van der Waals surface area contributed by atoms with E-state index >= 15 is 0 Å². The molecule has 2 aliphatic rings. The summed E-state index contributed by atoms with van der Waals surface area (Å²) in [6.45, 7) is 5.04. The number of nitrogens with zero attached hydrogens (tertiary/aromatic N) is 1. The molecule has 0 radical (unpaired) electrons. The number of rotatable bonds is 3. The highest BCUT2D eigenvalue weighted by Gasteiger charge is 2.45. The topological polar surface area (TPSA) is 32.3 Å². The molecule has 3 unspecified atom stereocenters. The Balaban J connectivity index is 1.92. The molecule has 1 amide bonds. The minimum absolute atomic E-state index is 0.0955. The smallest absolute Gasteiger partial charge is 0.241 e. The highest BCUT2D eigenvalue weighted by molar-refractivity contribution is 5.84. The molecule has 13 heavy (non-hydrogen) atoms. The van der Waals surface area contributed by atoms with E-state index in [1.807, 2.05) is 4.90 Å². The van der Waals surface area contributed by atoms with Crippen LogP contribution in [0.25, 0.3) is 0 Å². The predicted molar refractivity (Wildman–Crippen MR) is 51.1 cm³/mol. The van der Waals surface area contributed by atoms with Gasteiger partial charge in [-0.1, -0.05) is 20.3 Å². The van der Waals surface area contributed by atoms with Crippen LogP contribution in [0.3, 0.4) is 0 Å². The minimum atomic E-state index is 0.0955. The lowest BCUT2D eigenvalue weighted by atomic mass is 10.2. The highest BCUT2D eigenvalue weighted by Crippen LogP contribution is 2.39. The van der Waals surface area contributed by atoms with Crippen molar-refractivity contribution in [3.8, 4) is 0 Å². The van der Waals surface area contributed by atoms with E-state index < -0.39 is 0 Å². The number of hydrogen-bond acceptors (Lipinski definition) is 2. The van der Waals surface area contributed by atoms with Crippen molar-refractivity contribution in [3.05, 3.63) is 0 Å². The first kappa shape index (κ1) is 9.00. The lowest BCUT2D eigenvalue weighted by molar-refractivity contribution is -0.129. The van der Waals surface area contributed by atoms with Crippen molar-refractivity contribution in [1.82, 2.24) is 10.2 Å². The number of carbonyl (C=O) groups is 1. The summed E-state index contributed by atoms with van der Waals surface area (Å²) >= 11 is 0. The second-order valence-corrected chi connectivity index (χ2v) is 4.10. The zero-order chi connectivity index (χ0) is 9.42. The van der Waals surface area contributed by atoms with Gasteiger partial charge >= 0.3 is 0 Å². The third kappa shape index (κ3) is 1.46. The molecule has 1 N–H and O–H groups in total. The van der Waals surface area contributed by atoms with Crippen molar-refractivity contribution in [1.29, 1.82) is 0 Å². The fourth-order valence-corrected chi connectivity index (χ4v) is 2.23. The fraction of sp³-hybridized carbons (Fsp3) is 0.900. The Bertz CT molecular complexity index is 217. The van der Waals surface area contributed by atoms with Crippen molar-refractivity contribution in [2.24, 2.45) is 5.92 Å². The maximum absolute atomic E-state index is 11.7. The zero-order valence-electron chi connectivity index (χ0n) is 8.42. The predicted octanol–water partition coefficient (Wildman–Crippen LogP) is 0.953. The van der Waals surface area contributed by atoms with Crippen LogP contribution in [-0.2, 0) is 4.79 Å². The van der Waals surface area contributed by atoms with E-state index in [0.29, 0.717) is 11.9 Å². The maximum atomic E-state index is 11.7. The number of amides is 1. The molecule has 3 heteroatoms. The van der Waals surface area contributed by atoms with Crippen LogP contribution in [0, 0.1) is 5.92 Å². The van der Waals surface area contributed by atoms with Gasteiger partial charge in [0.15, 0.2) is 0 Å². The van der Waals surface area contributed by atoms with Crippen LogP contribution in [0.1, 0.15) is 33.1 Å². The summed E-state index contributed by atoms with van der Waals surface area (Å²) in [6, 6.07) is 0.652. The largest absolute Gasteiger partial charge is 0.325 e. The van der Waals surface area contributed by atoms with E-state index in [2.05, 4.69) is 19.2 Å². The molecule has 74 valence electrons. The average Bonchev–Trinajstić information content (AvgIpc) is 2.83. The Hall–Kier alpha value is -0.570. The van der Waals surface area contributed by atoms with Gasteiger partial charge in [-0.25, -0.2) is 0 Å². The third-order valence-corrected chi connectivity index (χ3v) is 3.31. The van der Waals surface area contributed by atoms with Crippen LogP contribution in [0.2, 0.25) is 0 Å². The summed E-state index contributed by atoms with van der Waals surface area (Å²) in [7, 11) is 0. The van der Waals surface area contributed by atoms with Crippen LogP contribution >= 0.6 is 0 Å². The highest BCUT2D eigenvalue weighted by atomic mass is 16.2. The molecular weight excluding hydrogens is 164 g/mol. The van der Waals surface area contributed by atoms with E-state index in [9.17, 15) is 4.79 Å². The SMILES string of the molecule is CCC1NCN(C2CC2CC)C1=O. The molecule has 1 saturated carbocycles. The van der Waals surface area contributed by atoms with Gasteiger partial charge in [0.1, 0.15) is 0 Å². The van der Waals surface area contributed by atoms with E-state index in [1.165, 1.54) is 12.8 Å². The van der Waals surface area contributed by atoms with Gasteiger partial charge in [0, 0.05) is 6.04 Å². The molecule has 0 spiro atoms.